The van der Waals surface area contributed by atoms with Gasteiger partial charge in [-0.2, -0.15) is 0 Å². The largest absolute Gasteiger partial charge is 0.309 e. The minimum Gasteiger partial charge on any atom is -0.309 e. The molecule has 2 aromatic heterocycles. The van der Waals surface area contributed by atoms with Crippen LogP contribution in [0.4, 0.5) is 0 Å². The van der Waals surface area contributed by atoms with Gasteiger partial charge in [-0.05, 0) is 70.9 Å². The van der Waals surface area contributed by atoms with Gasteiger partial charge in [0.2, 0.25) is 0 Å². The minimum absolute atomic E-state index is 0.274. The SMILES string of the molecule is CNC(c1cc(C)c(C)s1)c1csc2c(Br)cccc12. The Morgan fingerprint density at radius 2 is 2.05 bits per heavy atom. The second-order valence-corrected chi connectivity index (χ2v) is 7.94. The van der Waals surface area contributed by atoms with Crippen LogP contribution in [0.2, 0.25) is 0 Å². The molecule has 0 saturated heterocycles. The van der Waals surface area contributed by atoms with Crippen molar-refractivity contribution in [3.8, 4) is 0 Å². The van der Waals surface area contributed by atoms with Crippen molar-refractivity contribution in [1.82, 2.24) is 5.32 Å². The van der Waals surface area contributed by atoms with Gasteiger partial charge in [-0.1, -0.05) is 12.1 Å². The Hall–Kier alpha value is -0.680. The molecule has 1 nitrogen and oxygen atoms in total. The van der Waals surface area contributed by atoms with Gasteiger partial charge in [0.25, 0.3) is 0 Å². The van der Waals surface area contributed by atoms with Crippen LogP contribution < -0.4 is 5.32 Å². The first kappa shape index (κ1) is 14.3. The molecule has 0 aliphatic heterocycles. The van der Waals surface area contributed by atoms with E-state index in [2.05, 4.69) is 64.7 Å². The molecule has 3 aromatic rings. The number of nitrogens with one attached hydrogen (secondary N) is 1. The molecule has 1 unspecified atom stereocenters. The van der Waals surface area contributed by atoms with E-state index in [4.69, 9.17) is 0 Å². The number of aryl methyl sites for hydroxylation is 2. The van der Waals surface area contributed by atoms with Gasteiger partial charge in [0, 0.05) is 18.9 Å². The molecule has 1 N–H and O–H groups in total. The molecule has 0 bridgehead atoms. The highest BCUT2D eigenvalue weighted by molar-refractivity contribution is 9.10. The van der Waals surface area contributed by atoms with Crippen LogP contribution in [0, 0.1) is 13.8 Å². The molecule has 0 amide bonds. The number of fused-ring (bicyclic) bond motifs is 1. The maximum atomic E-state index is 3.65. The molecule has 1 aromatic carbocycles. The van der Waals surface area contributed by atoms with E-state index in [0.29, 0.717) is 0 Å². The Kier molecular flexibility index (Phi) is 4.00. The molecule has 104 valence electrons. The Balaban J connectivity index is 2.14. The van der Waals surface area contributed by atoms with Gasteiger partial charge in [0.15, 0.2) is 0 Å². The van der Waals surface area contributed by atoms with Crippen molar-refractivity contribution in [3.63, 3.8) is 0 Å². The van der Waals surface area contributed by atoms with Crippen molar-refractivity contribution >= 4 is 48.7 Å². The zero-order valence-corrected chi connectivity index (χ0v) is 14.9. The quantitative estimate of drug-likeness (QED) is 0.632. The van der Waals surface area contributed by atoms with Gasteiger partial charge < -0.3 is 5.32 Å². The number of hydrogen-bond acceptors (Lipinski definition) is 3. The first-order valence-electron chi connectivity index (χ1n) is 6.51. The van der Waals surface area contributed by atoms with Gasteiger partial charge in [0.1, 0.15) is 0 Å². The summed E-state index contributed by atoms with van der Waals surface area (Å²) in [5.41, 5.74) is 2.75. The number of benzene rings is 1. The predicted octanol–water partition coefficient (Wildman–Crippen LogP) is 5.65. The maximum Gasteiger partial charge on any atom is 0.0683 e. The summed E-state index contributed by atoms with van der Waals surface area (Å²) in [5.74, 6) is 0. The van der Waals surface area contributed by atoms with Crippen LogP contribution >= 0.6 is 38.6 Å². The molecular formula is C16H16BrNS2. The standard InChI is InChI=1S/C16H16BrNS2/c1-9-7-14(20-10(9)2)15(18-3)12-8-19-16-11(12)5-4-6-13(16)17/h4-8,15,18H,1-3H3. The molecule has 0 spiro atoms. The van der Waals surface area contributed by atoms with Crippen molar-refractivity contribution in [1.29, 1.82) is 0 Å². The fourth-order valence-electron chi connectivity index (χ4n) is 2.46. The molecule has 1 atom stereocenters. The summed E-state index contributed by atoms with van der Waals surface area (Å²) in [4.78, 5) is 2.79. The van der Waals surface area contributed by atoms with Crippen LogP contribution in [-0.2, 0) is 0 Å². The molecule has 0 aliphatic carbocycles. The fraction of sp³-hybridized carbons (Fsp3) is 0.250. The van der Waals surface area contributed by atoms with E-state index < -0.39 is 0 Å². The van der Waals surface area contributed by atoms with E-state index in [9.17, 15) is 0 Å². The van der Waals surface area contributed by atoms with Crippen molar-refractivity contribution in [3.05, 3.63) is 55.0 Å². The van der Waals surface area contributed by atoms with Crippen LogP contribution in [0.1, 0.15) is 26.9 Å². The lowest BCUT2D eigenvalue weighted by Gasteiger charge is -2.14. The molecule has 2 heterocycles. The zero-order valence-electron chi connectivity index (χ0n) is 11.7. The van der Waals surface area contributed by atoms with Gasteiger partial charge >= 0.3 is 0 Å². The number of thiophene rings is 2. The lowest BCUT2D eigenvalue weighted by Crippen LogP contribution is -2.15. The molecule has 20 heavy (non-hydrogen) atoms. The minimum atomic E-state index is 0.274. The first-order valence-corrected chi connectivity index (χ1v) is 9.00. The van der Waals surface area contributed by atoms with E-state index in [1.54, 1.807) is 0 Å². The highest BCUT2D eigenvalue weighted by Crippen LogP contribution is 2.39. The molecule has 0 fully saturated rings. The van der Waals surface area contributed by atoms with Crippen molar-refractivity contribution in [2.24, 2.45) is 0 Å². The summed E-state index contributed by atoms with van der Waals surface area (Å²) in [6.07, 6.45) is 0. The Bertz CT molecular complexity index is 738. The van der Waals surface area contributed by atoms with Crippen LogP contribution in [0.3, 0.4) is 0 Å². The summed E-state index contributed by atoms with van der Waals surface area (Å²) in [5, 5.41) is 7.09. The molecule has 4 heteroatoms. The maximum absolute atomic E-state index is 3.65. The average molecular weight is 366 g/mol. The highest BCUT2D eigenvalue weighted by Gasteiger charge is 2.19. The van der Waals surface area contributed by atoms with Crippen LogP contribution in [-0.4, -0.2) is 7.05 Å². The number of halogens is 1. The number of rotatable bonds is 3. The first-order chi connectivity index (χ1) is 9.61. The fourth-order valence-corrected chi connectivity index (χ4v) is 5.28. The third-order valence-corrected chi connectivity index (χ3v) is 6.84. The smallest absolute Gasteiger partial charge is 0.0683 e. The number of hydrogen-bond donors (Lipinski definition) is 1. The molecule has 0 radical (unpaired) electrons. The molecule has 3 rings (SSSR count). The van der Waals surface area contributed by atoms with E-state index in [-0.39, 0.29) is 6.04 Å². The Morgan fingerprint density at radius 1 is 1.25 bits per heavy atom. The van der Waals surface area contributed by atoms with E-state index in [1.807, 2.05) is 29.7 Å². The summed E-state index contributed by atoms with van der Waals surface area (Å²) in [6, 6.07) is 9.01. The Labute approximate surface area is 135 Å². The normalized spacial score (nSPS) is 13.0. The predicted molar refractivity (Wildman–Crippen MR) is 94.2 cm³/mol. The lowest BCUT2D eigenvalue weighted by atomic mass is 10.0. The summed E-state index contributed by atoms with van der Waals surface area (Å²) in [6.45, 7) is 4.38. The summed E-state index contributed by atoms with van der Waals surface area (Å²) < 4.78 is 2.51. The van der Waals surface area contributed by atoms with Crippen molar-refractivity contribution in [2.45, 2.75) is 19.9 Å². The van der Waals surface area contributed by atoms with Gasteiger partial charge in [0.05, 0.1) is 6.04 Å². The van der Waals surface area contributed by atoms with Gasteiger partial charge in [-0.15, -0.1) is 22.7 Å². The van der Waals surface area contributed by atoms with Crippen LogP contribution in [0.5, 0.6) is 0 Å². The average Bonchev–Trinajstić information content (AvgIpc) is 2.98. The third-order valence-electron chi connectivity index (χ3n) is 3.65. The third kappa shape index (κ3) is 2.35. The van der Waals surface area contributed by atoms with Crippen LogP contribution in [0.15, 0.2) is 34.1 Å². The van der Waals surface area contributed by atoms with E-state index in [1.165, 1.54) is 35.4 Å². The van der Waals surface area contributed by atoms with E-state index >= 15 is 0 Å². The van der Waals surface area contributed by atoms with Crippen LogP contribution in [0.25, 0.3) is 10.1 Å². The summed E-state index contributed by atoms with van der Waals surface area (Å²) in [7, 11) is 2.04. The molecule has 0 saturated carbocycles. The molecular weight excluding hydrogens is 350 g/mol. The van der Waals surface area contributed by atoms with Crippen molar-refractivity contribution < 1.29 is 0 Å². The van der Waals surface area contributed by atoms with Crippen molar-refractivity contribution in [2.75, 3.05) is 7.05 Å². The Morgan fingerprint density at radius 3 is 2.70 bits per heavy atom. The second kappa shape index (κ2) is 5.60. The van der Waals surface area contributed by atoms with Gasteiger partial charge in [-0.25, -0.2) is 0 Å². The second-order valence-electron chi connectivity index (χ2n) is 4.92. The monoisotopic (exact) mass is 365 g/mol. The van der Waals surface area contributed by atoms with E-state index in [0.717, 1.165) is 0 Å². The molecule has 0 aliphatic rings. The topological polar surface area (TPSA) is 12.0 Å². The summed E-state index contributed by atoms with van der Waals surface area (Å²) >= 11 is 7.34. The highest BCUT2D eigenvalue weighted by atomic mass is 79.9. The van der Waals surface area contributed by atoms with Gasteiger partial charge in [-0.3, -0.25) is 0 Å². The lowest BCUT2D eigenvalue weighted by molar-refractivity contribution is 0.711. The zero-order chi connectivity index (χ0) is 14.3.